The van der Waals surface area contributed by atoms with E-state index in [9.17, 15) is 32.3 Å². The maximum atomic E-state index is 13.9. The summed E-state index contributed by atoms with van der Waals surface area (Å²) in [5.41, 5.74) is -0.441. The second-order valence-electron chi connectivity index (χ2n) is 9.75. The van der Waals surface area contributed by atoms with Crippen LogP contribution in [0.1, 0.15) is 27.0 Å². The molecule has 2 saturated heterocycles. The number of nitrogens with one attached hydrogen (secondary N) is 1. The van der Waals surface area contributed by atoms with Crippen LogP contribution in [0.2, 0.25) is 0 Å². The molecule has 4 amide bonds. The van der Waals surface area contributed by atoms with Crippen molar-refractivity contribution in [1.29, 1.82) is 0 Å². The van der Waals surface area contributed by atoms with Crippen LogP contribution < -0.4 is 10.2 Å². The number of hydrogen-bond donors (Lipinski definition) is 1. The van der Waals surface area contributed by atoms with E-state index in [2.05, 4.69) is 5.32 Å². The van der Waals surface area contributed by atoms with Gasteiger partial charge in [0, 0.05) is 30.4 Å². The lowest BCUT2D eigenvalue weighted by molar-refractivity contribution is -0.161. The summed E-state index contributed by atoms with van der Waals surface area (Å²) in [6.45, 7) is -0.534. The predicted octanol–water partition coefficient (Wildman–Crippen LogP) is 3.71. The van der Waals surface area contributed by atoms with E-state index in [0.29, 0.717) is 22.4 Å². The first-order valence-electron chi connectivity index (χ1n) is 12.5. The van der Waals surface area contributed by atoms with Crippen molar-refractivity contribution in [1.82, 2.24) is 15.1 Å². The Hall–Kier alpha value is -4.67. The highest BCUT2D eigenvalue weighted by molar-refractivity contribution is 6.12. The molecule has 2 heterocycles. The summed E-state index contributed by atoms with van der Waals surface area (Å²) in [5, 5.41) is 2.49. The molecule has 8 nitrogen and oxygen atoms in total. The molecule has 2 fully saturated rings. The van der Waals surface area contributed by atoms with Gasteiger partial charge in [-0.15, -0.1) is 0 Å². The van der Waals surface area contributed by atoms with Crippen molar-refractivity contribution in [3.63, 3.8) is 0 Å². The molecule has 2 aliphatic heterocycles. The van der Waals surface area contributed by atoms with Crippen LogP contribution in [0.25, 0.3) is 0 Å². The van der Waals surface area contributed by atoms with Gasteiger partial charge in [-0.25, -0.2) is 4.79 Å². The Bertz CT molecular complexity index is 1450. The third-order valence-electron chi connectivity index (χ3n) is 7.26. The average molecular weight is 551 g/mol. The zero-order valence-corrected chi connectivity index (χ0v) is 21.4. The van der Waals surface area contributed by atoms with Gasteiger partial charge in [-0.2, -0.15) is 13.2 Å². The molecule has 11 heteroatoms. The first-order chi connectivity index (χ1) is 19.0. The Balaban J connectivity index is 1.41. The third-order valence-corrected chi connectivity index (χ3v) is 7.26. The zero-order chi connectivity index (χ0) is 28.7. The molecule has 2 aliphatic rings. The van der Waals surface area contributed by atoms with Gasteiger partial charge in [0.05, 0.1) is 18.7 Å². The van der Waals surface area contributed by atoms with Crippen molar-refractivity contribution in [2.75, 3.05) is 31.6 Å². The fourth-order valence-corrected chi connectivity index (χ4v) is 5.07. The van der Waals surface area contributed by atoms with Crippen LogP contribution in [0.3, 0.4) is 0 Å². The molecule has 1 N–H and O–H groups in total. The van der Waals surface area contributed by atoms with Crippen LogP contribution >= 0.6 is 0 Å². The lowest BCUT2D eigenvalue weighted by atomic mass is 9.83. The summed E-state index contributed by atoms with van der Waals surface area (Å²) in [5.74, 6) is -1.02. The molecule has 0 unspecified atom stereocenters. The van der Waals surface area contributed by atoms with E-state index in [1.54, 1.807) is 54.6 Å². The molecule has 206 valence electrons. The number of carbonyl (C=O) groups is 4. The number of carbonyl (C=O) groups excluding carboxylic acids is 4. The normalized spacial score (nSPS) is 16.6. The van der Waals surface area contributed by atoms with Gasteiger partial charge in [0.2, 0.25) is 5.91 Å². The number of anilines is 1. The van der Waals surface area contributed by atoms with Crippen LogP contribution in [0.5, 0.6) is 0 Å². The predicted molar refractivity (Wildman–Crippen MR) is 139 cm³/mol. The number of hydrogen-bond acceptors (Lipinski definition) is 4. The summed E-state index contributed by atoms with van der Waals surface area (Å²) in [7, 11) is 1.45. The van der Waals surface area contributed by atoms with Crippen molar-refractivity contribution in [3.05, 3.63) is 101 Å². The van der Waals surface area contributed by atoms with Gasteiger partial charge >= 0.3 is 12.2 Å². The van der Waals surface area contributed by atoms with Crippen molar-refractivity contribution in [3.8, 4) is 0 Å². The van der Waals surface area contributed by atoms with Crippen LogP contribution in [-0.4, -0.2) is 65.6 Å². The summed E-state index contributed by atoms with van der Waals surface area (Å²) >= 11 is 0. The minimum Gasteiger partial charge on any atom is -0.341 e. The molecule has 0 saturated carbocycles. The monoisotopic (exact) mass is 550 g/mol. The molecule has 3 aromatic carbocycles. The molecule has 3 aromatic rings. The average Bonchev–Trinajstić information content (AvgIpc) is 2.93. The summed E-state index contributed by atoms with van der Waals surface area (Å²) in [6.07, 6.45) is -4.50. The standard InChI is InChI=1S/C29H25F3N4O4/c1-33-27(40)34-17-28(18-34)26(39)35(23-13-9-21(10-14-23)25(38)20-5-3-2-4-6-20)16-24(37)36(28)15-19-7-11-22(12-8-19)29(30,31)32/h2-14H,15-18H2,1H3,(H,33,40). The minimum atomic E-state index is -4.50. The third kappa shape index (κ3) is 4.78. The van der Waals surface area contributed by atoms with E-state index in [1.165, 1.54) is 33.9 Å². The number of piperazine rings is 1. The molecular formula is C29H25F3N4O4. The topological polar surface area (TPSA) is 90.0 Å². The molecule has 0 bridgehead atoms. The summed E-state index contributed by atoms with van der Waals surface area (Å²) in [4.78, 5) is 56.4. The molecule has 0 aliphatic carbocycles. The number of ketones is 1. The molecule has 5 rings (SSSR count). The summed E-state index contributed by atoms with van der Waals surface area (Å²) in [6, 6.07) is 19.1. The first kappa shape index (κ1) is 26.9. The maximum absolute atomic E-state index is 13.9. The number of benzene rings is 3. The highest BCUT2D eigenvalue weighted by atomic mass is 19.4. The Morgan fingerprint density at radius 2 is 1.48 bits per heavy atom. The van der Waals surface area contributed by atoms with E-state index in [0.717, 1.165) is 12.1 Å². The van der Waals surface area contributed by atoms with Crippen molar-refractivity contribution in [2.24, 2.45) is 0 Å². The van der Waals surface area contributed by atoms with E-state index < -0.39 is 35.1 Å². The number of likely N-dealkylation sites (tertiary alicyclic amines) is 1. The van der Waals surface area contributed by atoms with E-state index >= 15 is 0 Å². The Morgan fingerprint density at radius 3 is 2.05 bits per heavy atom. The first-order valence-corrected chi connectivity index (χ1v) is 12.5. The van der Waals surface area contributed by atoms with Gasteiger partial charge in [0.25, 0.3) is 5.91 Å². The molecule has 0 atom stereocenters. The van der Waals surface area contributed by atoms with E-state index in [4.69, 9.17) is 0 Å². The molecule has 1 spiro atoms. The van der Waals surface area contributed by atoms with Crippen molar-refractivity contribution < 1.29 is 32.3 Å². The van der Waals surface area contributed by atoms with E-state index in [1.807, 2.05) is 0 Å². The number of halogens is 3. The molecular weight excluding hydrogens is 525 g/mol. The molecule has 40 heavy (non-hydrogen) atoms. The largest absolute Gasteiger partial charge is 0.416 e. The Kier molecular flexibility index (Phi) is 6.82. The Morgan fingerprint density at radius 1 is 0.875 bits per heavy atom. The number of nitrogens with zero attached hydrogens (tertiary/aromatic N) is 3. The number of amides is 4. The van der Waals surface area contributed by atoms with Crippen LogP contribution in [0.4, 0.5) is 23.7 Å². The van der Waals surface area contributed by atoms with Gasteiger partial charge in [0.1, 0.15) is 6.54 Å². The number of urea groups is 1. The smallest absolute Gasteiger partial charge is 0.341 e. The lowest BCUT2D eigenvalue weighted by Gasteiger charge is -2.57. The Labute approximate surface area is 228 Å². The SMILES string of the molecule is CNC(=O)N1CC2(C1)C(=O)N(c1ccc(C(=O)c3ccccc3)cc1)CC(=O)N2Cc1ccc(C(F)(F)F)cc1. The maximum Gasteiger partial charge on any atom is 0.416 e. The van der Waals surface area contributed by atoms with Gasteiger partial charge < -0.3 is 20.0 Å². The van der Waals surface area contributed by atoms with Crippen molar-refractivity contribution in [2.45, 2.75) is 18.3 Å². The van der Waals surface area contributed by atoms with Crippen molar-refractivity contribution >= 4 is 29.3 Å². The number of alkyl halides is 3. The van der Waals surface area contributed by atoms with E-state index in [-0.39, 0.29) is 32.0 Å². The van der Waals surface area contributed by atoms with Gasteiger partial charge in [-0.1, -0.05) is 42.5 Å². The highest BCUT2D eigenvalue weighted by Crippen LogP contribution is 2.37. The number of rotatable bonds is 5. The fourth-order valence-electron chi connectivity index (χ4n) is 5.07. The minimum absolute atomic E-state index is 0.0705. The van der Waals surface area contributed by atoms with Crippen LogP contribution in [0.15, 0.2) is 78.9 Å². The van der Waals surface area contributed by atoms with Gasteiger partial charge in [-0.05, 0) is 42.0 Å². The summed E-state index contributed by atoms with van der Waals surface area (Å²) < 4.78 is 39.0. The van der Waals surface area contributed by atoms with Gasteiger partial charge in [-0.3, -0.25) is 14.4 Å². The second-order valence-corrected chi connectivity index (χ2v) is 9.75. The lowest BCUT2D eigenvalue weighted by Crippen LogP contribution is -2.81. The molecule has 0 aromatic heterocycles. The van der Waals surface area contributed by atoms with Crippen LogP contribution in [-0.2, 0) is 22.3 Å². The van der Waals surface area contributed by atoms with Crippen LogP contribution in [0, 0.1) is 0 Å². The zero-order valence-electron chi connectivity index (χ0n) is 21.4. The second kappa shape index (κ2) is 10.1. The molecule has 0 radical (unpaired) electrons. The fraction of sp³-hybridized carbons (Fsp3) is 0.241. The quantitative estimate of drug-likeness (QED) is 0.491. The van der Waals surface area contributed by atoms with Gasteiger partial charge in [0.15, 0.2) is 11.3 Å². The highest BCUT2D eigenvalue weighted by Gasteiger charge is 2.60.